The summed E-state index contributed by atoms with van der Waals surface area (Å²) in [4.78, 5) is 4.57. The van der Waals surface area contributed by atoms with Gasteiger partial charge >= 0.3 is 0 Å². The molecule has 0 unspecified atom stereocenters. The van der Waals surface area contributed by atoms with Crippen LogP contribution >= 0.6 is 0 Å². The third-order valence-corrected chi connectivity index (χ3v) is 5.92. The molecule has 0 spiro atoms. The Hall–Kier alpha value is -3.48. The number of benzene rings is 4. The minimum atomic E-state index is -4.32. The molecular formula is C23H16N2O3S. The number of rotatable bonds is 3. The van der Waals surface area contributed by atoms with Gasteiger partial charge in [-0.2, -0.15) is 8.42 Å². The lowest BCUT2D eigenvalue weighted by molar-refractivity contribution is 0.484. The molecule has 4 aromatic rings. The fourth-order valence-corrected chi connectivity index (χ4v) is 4.34. The molecule has 1 heterocycles. The predicted molar refractivity (Wildman–Crippen MR) is 115 cm³/mol. The van der Waals surface area contributed by atoms with E-state index in [1.54, 1.807) is 18.2 Å². The molecule has 5 nitrogen and oxygen atoms in total. The summed E-state index contributed by atoms with van der Waals surface area (Å²) >= 11 is 0. The van der Waals surface area contributed by atoms with Gasteiger partial charge in [0, 0.05) is 22.0 Å². The zero-order valence-electron chi connectivity index (χ0n) is 15.2. The highest BCUT2D eigenvalue weighted by molar-refractivity contribution is 7.86. The quantitative estimate of drug-likeness (QED) is 0.460. The maximum absolute atomic E-state index is 11.7. The largest absolute Gasteiger partial charge is 0.339 e. The molecular weight excluding hydrogens is 384 g/mol. The molecule has 0 saturated carbocycles. The molecule has 0 atom stereocenters. The van der Waals surface area contributed by atoms with Crippen LogP contribution in [0.15, 0.2) is 94.8 Å². The first kappa shape index (κ1) is 17.6. The van der Waals surface area contributed by atoms with Gasteiger partial charge in [-0.05, 0) is 29.3 Å². The average molecular weight is 400 g/mol. The van der Waals surface area contributed by atoms with Gasteiger partial charge in [0.05, 0.1) is 5.69 Å². The van der Waals surface area contributed by atoms with Crippen LogP contribution in [0, 0.1) is 0 Å². The van der Waals surface area contributed by atoms with E-state index in [0.29, 0.717) is 22.3 Å². The Morgan fingerprint density at radius 3 is 2.14 bits per heavy atom. The first-order valence-corrected chi connectivity index (χ1v) is 10.5. The minimum absolute atomic E-state index is 0.120. The van der Waals surface area contributed by atoms with Crippen LogP contribution in [-0.2, 0) is 10.1 Å². The predicted octanol–water partition coefficient (Wildman–Crippen LogP) is 5.26. The van der Waals surface area contributed by atoms with Crippen molar-refractivity contribution in [1.29, 1.82) is 0 Å². The molecule has 0 aromatic heterocycles. The van der Waals surface area contributed by atoms with E-state index in [9.17, 15) is 13.0 Å². The fourth-order valence-electron chi connectivity index (χ4n) is 3.65. The first-order valence-electron chi connectivity index (χ1n) is 9.05. The van der Waals surface area contributed by atoms with Crippen molar-refractivity contribution in [3.05, 3.63) is 90.5 Å². The number of amidine groups is 1. The Labute approximate surface area is 168 Å². The van der Waals surface area contributed by atoms with Gasteiger partial charge in [0.25, 0.3) is 10.1 Å². The monoisotopic (exact) mass is 400 g/mol. The van der Waals surface area contributed by atoms with Crippen LogP contribution in [0.2, 0.25) is 0 Å². The lowest BCUT2D eigenvalue weighted by Crippen LogP contribution is -2.16. The summed E-state index contributed by atoms with van der Waals surface area (Å²) in [6.45, 7) is 0. The maximum Gasteiger partial charge on any atom is 0.295 e. The lowest BCUT2D eigenvalue weighted by Gasteiger charge is -2.20. The standard InChI is InChI=1S/C23H16N2O3S/c26-29(27,28)21-14-13-20-22-18(21)7-4-8-19(22)24-23(25-20)17-11-9-16(10-12-17)15-5-2-1-3-6-15/h1-14H,(H,24,25)(H,26,27,28). The highest BCUT2D eigenvalue weighted by Gasteiger charge is 2.21. The average Bonchev–Trinajstić information content (AvgIpc) is 2.74. The molecule has 6 heteroatoms. The molecule has 1 aliphatic heterocycles. The van der Waals surface area contributed by atoms with Crippen molar-refractivity contribution < 1.29 is 13.0 Å². The van der Waals surface area contributed by atoms with Crippen LogP contribution in [0.25, 0.3) is 21.9 Å². The van der Waals surface area contributed by atoms with Crippen molar-refractivity contribution >= 4 is 38.1 Å². The second-order valence-corrected chi connectivity index (χ2v) is 8.20. The number of hydrogen-bond donors (Lipinski definition) is 2. The van der Waals surface area contributed by atoms with Crippen LogP contribution in [-0.4, -0.2) is 18.8 Å². The van der Waals surface area contributed by atoms with Crippen molar-refractivity contribution in [3.63, 3.8) is 0 Å². The highest BCUT2D eigenvalue weighted by atomic mass is 32.2. The van der Waals surface area contributed by atoms with Gasteiger partial charge in [-0.1, -0.05) is 66.7 Å². The van der Waals surface area contributed by atoms with E-state index in [4.69, 9.17) is 0 Å². The van der Waals surface area contributed by atoms with Crippen molar-refractivity contribution in [2.75, 3.05) is 5.32 Å². The molecule has 0 aliphatic carbocycles. The van der Waals surface area contributed by atoms with Gasteiger partial charge in [-0.15, -0.1) is 0 Å². The number of aliphatic imine (C=N–C) groups is 1. The summed E-state index contributed by atoms with van der Waals surface area (Å²) in [5, 5.41) is 4.40. The third kappa shape index (κ3) is 3.08. The number of hydrogen-bond acceptors (Lipinski definition) is 4. The van der Waals surface area contributed by atoms with E-state index in [1.807, 2.05) is 48.5 Å². The van der Waals surface area contributed by atoms with Crippen LogP contribution in [0.3, 0.4) is 0 Å². The van der Waals surface area contributed by atoms with Crippen LogP contribution in [0.1, 0.15) is 5.56 Å². The second kappa shape index (κ2) is 6.55. The number of anilines is 1. The van der Waals surface area contributed by atoms with E-state index in [2.05, 4.69) is 22.4 Å². The van der Waals surface area contributed by atoms with Crippen LogP contribution in [0.4, 0.5) is 11.4 Å². The molecule has 0 saturated heterocycles. The maximum atomic E-state index is 11.7. The number of nitrogens with one attached hydrogen (secondary N) is 1. The normalized spacial score (nSPS) is 13.1. The summed E-state index contributed by atoms with van der Waals surface area (Å²) in [5.41, 5.74) is 4.59. The van der Waals surface area contributed by atoms with Crippen molar-refractivity contribution in [1.82, 2.24) is 0 Å². The van der Waals surface area contributed by atoms with E-state index in [0.717, 1.165) is 22.4 Å². The second-order valence-electron chi connectivity index (χ2n) is 6.81. The fraction of sp³-hybridized carbons (Fsp3) is 0. The first-order chi connectivity index (χ1) is 14.0. The molecule has 142 valence electrons. The van der Waals surface area contributed by atoms with Gasteiger partial charge in [-0.3, -0.25) is 4.55 Å². The molecule has 29 heavy (non-hydrogen) atoms. The van der Waals surface area contributed by atoms with Crippen LogP contribution < -0.4 is 5.32 Å². The van der Waals surface area contributed by atoms with Gasteiger partial charge in [0.15, 0.2) is 0 Å². The minimum Gasteiger partial charge on any atom is -0.339 e. The highest BCUT2D eigenvalue weighted by Crippen LogP contribution is 2.39. The van der Waals surface area contributed by atoms with E-state index in [1.165, 1.54) is 6.07 Å². The molecule has 0 radical (unpaired) electrons. The van der Waals surface area contributed by atoms with Crippen LogP contribution in [0.5, 0.6) is 0 Å². The smallest absolute Gasteiger partial charge is 0.295 e. The Balaban J connectivity index is 1.59. The summed E-state index contributed by atoms with van der Waals surface area (Å²) in [5.74, 6) is 0.684. The Bertz CT molecular complexity index is 1380. The molecule has 2 N–H and O–H groups in total. The summed E-state index contributed by atoms with van der Waals surface area (Å²) in [6.07, 6.45) is 0. The van der Waals surface area contributed by atoms with Gasteiger partial charge in [0.1, 0.15) is 10.7 Å². The molecule has 4 aromatic carbocycles. The summed E-state index contributed by atoms with van der Waals surface area (Å²) in [7, 11) is -4.32. The van der Waals surface area contributed by atoms with Gasteiger partial charge < -0.3 is 5.32 Å². The molecule has 0 bridgehead atoms. The Morgan fingerprint density at radius 1 is 0.724 bits per heavy atom. The zero-order chi connectivity index (χ0) is 20.0. The van der Waals surface area contributed by atoms with Gasteiger partial charge in [0.2, 0.25) is 0 Å². The molecule has 0 fully saturated rings. The third-order valence-electron chi connectivity index (χ3n) is 5.01. The van der Waals surface area contributed by atoms with Crippen molar-refractivity contribution in [2.45, 2.75) is 4.90 Å². The summed E-state index contributed by atoms with van der Waals surface area (Å²) in [6, 6.07) is 26.5. The summed E-state index contributed by atoms with van der Waals surface area (Å²) < 4.78 is 32.9. The van der Waals surface area contributed by atoms with E-state index in [-0.39, 0.29) is 4.90 Å². The topological polar surface area (TPSA) is 78.8 Å². The Morgan fingerprint density at radius 2 is 1.41 bits per heavy atom. The zero-order valence-corrected chi connectivity index (χ0v) is 16.0. The van der Waals surface area contributed by atoms with E-state index >= 15 is 0 Å². The molecule has 5 rings (SSSR count). The lowest BCUT2D eigenvalue weighted by atomic mass is 10.0. The van der Waals surface area contributed by atoms with Gasteiger partial charge in [-0.25, -0.2) is 4.99 Å². The van der Waals surface area contributed by atoms with Crippen molar-refractivity contribution in [3.8, 4) is 11.1 Å². The molecule has 0 amide bonds. The Kier molecular flexibility index (Phi) is 3.97. The van der Waals surface area contributed by atoms with E-state index < -0.39 is 10.1 Å². The number of nitrogens with zero attached hydrogens (tertiary/aromatic N) is 1. The SMILES string of the molecule is O=S(=O)(O)c1ccc2c3c(cccc13)NC(c1ccc(-c3ccccc3)cc1)=N2. The molecule has 1 aliphatic rings. The van der Waals surface area contributed by atoms with Crippen molar-refractivity contribution in [2.24, 2.45) is 4.99 Å².